The van der Waals surface area contributed by atoms with Crippen molar-refractivity contribution in [1.82, 2.24) is 14.4 Å². The first kappa shape index (κ1) is 25.2. The lowest BCUT2D eigenvalue weighted by molar-refractivity contribution is -0.384. The van der Waals surface area contributed by atoms with Gasteiger partial charge in [0.25, 0.3) is 5.69 Å². The molecule has 0 saturated carbocycles. The lowest BCUT2D eigenvalue weighted by Gasteiger charge is -2.27. The van der Waals surface area contributed by atoms with E-state index in [2.05, 4.69) is 6.58 Å². The Bertz CT molecular complexity index is 1200. The number of hydrogen-bond acceptors (Lipinski definition) is 4. The van der Waals surface area contributed by atoms with Gasteiger partial charge in [-0.05, 0) is 41.5 Å². The highest BCUT2D eigenvalue weighted by molar-refractivity contribution is 5.94. The summed E-state index contributed by atoms with van der Waals surface area (Å²) >= 11 is 0. The van der Waals surface area contributed by atoms with Gasteiger partial charge >= 0.3 is 0 Å². The van der Waals surface area contributed by atoms with Gasteiger partial charge in [-0.15, -0.1) is 6.58 Å². The Morgan fingerprint density at radius 1 is 1.00 bits per heavy atom. The predicted molar refractivity (Wildman–Crippen MR) is 135 cm³/mol. The van der Waals surface area contributed by atoms with Gasteiger partial charge in [0, 0.05) is 50.2 Å². The molecule has 180 valence electrons. The molecule has 0 aliphatic heterocycles. The molecular weight excluding hydrogens is 444 g/mol. The minimum atomic E-state index is -0.479. The zero-order valence-electron chi connectivity index (χ0n) is 19.6. The molecule has 0 bridgehead atoms. The Labute approximate surface area is 204 Å². The molecule has 8 nitrogen and oxygen atoms in total. The second-order valence-electron chi connectivity index (χ2n) is 8.04. The van der Waals surface area contributed by atoms with Gasteiger partial charge in [-0.25, -0.2) is 0 Å². The van der Waals surface area contributed by atoms with E-state index in [1.165, 1.54) is 23.1 Å². The number of aromatic nitrogens is 1. The predicted octanol–water partition coefficient (Wildman–Crippen LogP) is 4.19. The number of carbonyl (C=O) groups excluding carboxylic acids is 2. The second kappa shape index (κ2) is 12.1. The van der Waals surface area contributed by atoms with Crippen LogP contribution in [0, 0.1) is 10.1 Å². The molecule has 0 spiro atoms. The largest absolute Gasteiger partial charge is 0.353 e. The number of hydrogen-bond donors (Lipinski definition) is 0. The first-order chi connectivity index (χ1) is 16.9. The van der Waals surface area contributed by atoms with E-state index in [0.717, 1.165) is 11.3 Å². The molecule has 0 unspecified atom stereocenters. The first-order valence-corrected chi connectivity index (χ1v) is 11.1. The minimum absolute atomic E-state index is 0.0240. The molecule has 0 aliphatic rings. The van der Waals surface area contributed by atoms with E-state index in [9.17, 15) is 19.7 Å². The van der Waals surface area contributed by atoms with Crippen LogP contribution in [-0.2, 0) is 29.7 Å². The maximum absolute atomic E-state index is 13.4. The van der Waals surface area contributed by atoms with Crippen LogP contribution in [-0.4, -0.2) is 44.2 Å². The smallest absolute Gasteiger partial charge is 0.269 e. The van der Waals surface area contributed by atoms with E-state index < -0.39 is 4.92 Å². The van der Waals surface area contributed by atoms with E-state index in [4.69, 9.17) is 0 Å². The van der Waals surface area contributed by atoms with Crippen LogP contribution in [0.5, 0.6) is 0 Å². The quantitative estimate of drug-likeness (QED) is 0.181. The minimum Gasteiger partial charge on any atom is -0.353 e. The molecule has 0 N–H and O–H groups in total. The highest BCUT2D eigenvalue weighted by Crippen LogP contribution is 2.14. The van der Waals surface area contributed by atoms with Crippen molar-refractivity contribution >= 4 is 23.6 Å². The van der Waals surface area contributed by atoms with Gasteiger partial charge < -0.3 is 14.4 Å². The number of benzene rings is 2. The first-order valence-electron chi connectivity index (χ1n) is 11.1. The number of carbonyl (C=O) groups is 2. The molecule has 1 heterocycles. The van der Waals surface area contributed by atoms with Crippen molar-refractivity contribution in [3.63, 3.8) is 0 Å². The third kappa shape index (κ3) is 7.26. The summed E-state index contributed by atoms with van der Waals surface area (Å²) in [7, 11) is 1.93. The van der Waals surface area contributed by atoms with Gasteiger partial charge in [-0.3, -0.25) is 19.7 Å². The SMILES string of the molecule is C=CCN(CC(=O)N(Cc1ccccc1)Cc1cccn1C)C(=O)C=Cc1ccc([N+](=O)[O-])cc1. The monoisotopic (exact) mass is 472 g/mol. The summed E-state index contributed by atoms with van der Waals surface area (Å²) in [6.07, 6.45) is 6.43. The van der Waals surface area contributed by atoms with E-state index in [-0.39, 0.29) is 30.6 Å². The summed E-state index contributed by atoms with van der Waals surface area (Å²) in [5, 5.41) is 10.8. The van der Waals surface area contributed by atoms with Gasteiger partial charge in [-0.2, -0.15) is 0 Å². The molecule has 2 amide bonds. The van der Waals surface area contributed by atoms with E-state index in [1.54, 1.807) is 29.2 Å². The summed E-state index contributed by atoms with van der Waals surface area (Å²) < 4.78 is 1.96. The lowest BCUT2D eigenvalue weighted by Crippen LogP contribution is -2.42. The Morgan fingerprint density at radius 3 is 2.31 bits per heavy atom. The molecular formula is C27H28N4O4. The van der Waals surface area contributed by atoms with Gasteiger partial charge in [0.05, 0.1) is 11.5 Å². The molecule has 0 aliphatic carbocycles. The van der Waals surface area contributed by atoms with Crippen molar-refractivity contribution in [2.75, 3.05) is 13.1 Å². The molecule has 0 fully saturated rings. The van der Waals surface area contributed by atoms with Crippen LogP contribution in [0.25, 0.3) is 6.08 Å². The van der Waals surface area contributed by atoms with Crippen molar-refractivity contribution in [2.45, 2.75) is 13.1 Å². The fourth-order valence-electron chi connectivity index (χ4n) is 3.52. The fraction of sp³-hybridized carbons (Fsp3) is 0.185. The third-order valence-electron chi connectivity index (χ3n) is 5.48. The molecule has 3 aromatic rings. The van der Waals surface area contributed by atoms with Crippen LogP contribution >= 0.6 is 0 Å². The molecule has 0 atom stereocenters. The standard InChI is InChI=1S/C27H28N4O4/c1-3-17-29(26(32)16-13-22-11-14-24(15-12-22)31(34)35)21-27(33)30(19-23-8-5-4-6-9-23)20-25-10-7-18-28(25)2/h3-16,18H,1,17,19-21H2,2H3. The number of nitrogens with zero attached hydrogens (tertiary/aromatic N) is 4. The van der Waals surface area contributed by atoms with Crippen molar-refractivity contribution in [3.8, 4) is 0 Å². The average molecular weight is 473 g/mol. The average Bonchev–Trinajstić information content (AvgIpc) is 3.26. The maximum atomic E-state index is 13.4. The van der Waals surface area contributed by atoms with Crippen molar-refractivity contribution in [3.05, 3.63) is 119 Å². The molecule has 0 radical (unpaired) electrons. The summed E-state index contributed by atoms with van der Waals surface area (Å²) in [5.41, 5.74) is 2.59. The van der Waals surface area contributed by atoms with Crippen LogP contribution < -0.4 is 0 Å². The summed E-state index contributed by atoms with van der Waals surface area (Å²) in [4.78, 5) is 39.7. The fourth-order valence-corrected chi connectivity index (χ4v) is 3.52. The van der Waals surface area contributed by atoms with Gasteiger partial charge in [0.2, 0.25) is 11.8 Å². The number of non-ortho nitro benzene ring substituents is 1. The summed E-state index contributed by atoms with van der Waals surface area (Å²) in [5.74, 6) is -0.538. The normalized spacial score (nSPS) is 10.8. The molecule has 0 saturated heterocycles. The molecule has 2 aromatic carbocycles. The summed E-state index contributed by atoms with van der Waals surface area (Å²) in [6.45, 7) is 4.64. The van der Waals surface area contributed by atoms with Gasteiger partial charge in [-0.1, -0.05) is 36.4 Å². The van der Waals surface area contributed by atoms with Crippen molar-refractivity contribution in [1.29, 1.82) is 0 Å². The number of rotatable bonds is 11. The van der Waals surface area contributed by atoms with Crippen LogP contribution in [0.1, 0.15) is 16.8 Å². The number of amides is 2. The van der Waals surface area contributed by atoms with Crippen LogP contribution in [0.2, 0.25) is 0 Å². The molecule has 3 rings (SSSR count). The highest BCUT2D eigenvalue weighted by atomic mass is 16.6. The lowest BCUT2D eigenvalue weighted by atomic mass is 10.2. The third-order valence-corrected chi connectivity index (χ3v) is 5.48. The van der Waals surface area contributed by atoms with E-state index >= 15 is 0 Å². The second-order valence-corrected chi connectivity index (χ2v) is 8.04. The highest BCUT2D eigenvalue weighted by Gasteiger charge is 2.21. The molecule has 35 heavy (non-hydrogen) atoms. The Kier molecular flexibility index (Phi) is 8.72. The Balaban J connectivity index is 1.73. The number of aryl methyl sites for hydroxylation is 1. The maximum Gasteiger partial charge on any atom is 0.269 e. The van der Waals surface area contributed by atoms with Gasteiger partial charge in [0.15, 0.2) is 0 Å². The Morgan fingerprint density at radius 2 is 1.71 bits per heavy atom. The van der Waals surface area contributed by atoms with Crippen LogP contribution in [0.3, 0.4) is 0 Å². The topological polar surface area (TPSA) is 88.7 Å². The molecule has 8 heteroatoms. The van der Waals surface area contributed by atoms with Gasteiger partial charge in [0.1, 0.15) is 6.54 Å². The molecule has 1 aromatic heterocycles. The zero-order valence-corrected chi connectivity index (χ0v) is 19.6. The van der Waals surface area contributed by atoms with Crippen molar-refractivity contribution in [2.24, 2.45) is 7.05 Å². The number of nitro groups is 1. The zero-order chi connectivity index (χ0) is 25.2. The number of nitro benzene ring substituents is 1. The van der Waals surface area contributed by atoms with Crippen LogP contribution in [0.15, 0.2) is 91.7 Å². The van der Waals surface area contributed by atoms with Crippen molar-refractivity contribution < 1.29 is 14.5 Å². The van der Waals surface area contributed by atoms with E-state index in [1.807, 2.05) is 60.3 Å². The van der Waals surface area contributed by atoms with Crippen LogP contribution in [0.4, 0.5) is 5.69 Å². The summed E-state index contributed by atoms with van der Waals surface area (Å²) in [6, 6.07) is 19.5. The van der Waals surface area contributed by atoms with E-state index in [0.29, 0.717) is 18.7 Å². The Hall–Kier alpha value is -4.46.